The summed E-state index contributed by atoms with van der Waals surface area (Å²) < 4.78 is 31.1. The summed E-state index contributed by atoms with van der Waals surface area (Å²) in [4.78, 5) is 0. The van der Waals surface area contributed by atoms with Crippen molar-refractivity contribution in [1.82, 2.24) is 0 Å². The normalized spacial score (nSPS) is 10.5. The lowest BCUT2D eigenvalue weighted by Crippen LogP contribution is -1.91. The van der Waals surface area contributed by atoms with Crippen LogP contribution in [0.4, 0.5) is 4.39 Å². The monoisotopic (exact) mass is 400 g/mol. The van der Waals surface area contributed by atoms with E-state index < -0.39 is 0 Å². The van der Waals surface area contributed by atoms with E-state index in [2.05, 4.69) is 13.0 Å². The van der Waals surface area contributed by atoms with E-state index in [4.69, 9.17) is 14.2 Å². The van der Waals surface area contributed by atoms with E-state index >= 15 is 0 Å². The van der Waals surface area contributed by atoms with Crippen molar-refractivity contribution in [2.24, 2.45) is 0 Å². The molecule has 0 radical (unpaired) electrons. The Morgan fingerprint density at radius 3 is 1.63 bits per heavy atom. The van der Waals surface area contributed by atoms with E-state index in [1.54, 1.807) is 24.3 Å². The van der Waals surface area contributed by atoms with Gasteiger partial charge in [-0.15, -0.1) is 0 Å². The second kappa shape index (κ2) is 9.14. The molecule has 0 saturated heterocycles. The molecule has 30 heavy (non-hydrogen) atoms. The molecular weight excluding hydrogens is 379 g/mol. The number of benzene rings is 4. The lowest BCUT2D eigenvalue weighted by molar-refractivity contribution is 0.449. The van der Waals surface area contributed by atoms with Gasteiger partial charge in [0.25, 0.3) is 0 Å². The molecule has 3 nitrogen and oxygen atoms in total. The highest BCUT2D eigenvalue weighted by Crippen LogP contribution is 2.32. The Bertz CT molecular complexity index is 1140. The van der Waals surface area contributed by atoms with E-state index in [1.807, 2.05) is 54.6 Å². The highest BCUT2D eigenvalue weighted by molar-refractivity contribution is 5.43. The standard InChI is InChI=1S/C26H21FO3/c1-2-19-8-3-4-15-26(19)30-25-14-7-13-24(18-25)29-23-12-6-11-22(17-23)28-21-10-5-9-20(27)16-21/h3-18H,2H2,1H3. The number of hydrogen-bond donors (Lipinski definition) is 0. The number of hydrogen-bond acceptors (Lipinski definition) is 3. The van der Waals surface area contributed by atoms with E-state index in [0.29, 0.717) is 28.7 Å². The molecular formula is C26H21FO3. The molecule has 4 aromatic carbocycles. The molecule has 0 saturated carbocycles. The average Bonchev–Trinajstić information content (AvgIpc) is 2.75. The zero-order chi connectivity index (χ0) is 20.8. The second-order valence-electron chi connectivity index (χ2n) is 6.67. The van der Waals surface area contributed by atoms with Crippen molar-refractivity contribution in [3.05, 3.63) is 108 Å². The van der Waals surface area contributed by atoms with Gasteiger partial charge in [0.1, 0.15) is 40.3 Å². The van der Waals surface area contributed by atoms with Crippen molar-refractivity contribution in [2.45, 2.75) is 13.3 Å². The molecule has 0 aliphatic rings. The summed E-state index contributed by atoms with van der Waals surface area (Å²) in [6, 6.07) is 28.7. The van der Waals surface area contributed by atoms with Crippen molar-refractivity contribution in [2.75, 3.05) is 0 Å². The SMILES string of the molecule is CCc1ccccc1Oc1cccc(Oc2cccc(Oc3cccc(F)c3)c2)c1. The van der Waals surface area contributed by atoms with Gasteiger partial charge in [-0.05, 0) is 54.4 Å². The van der Waals surface area contributed by atoms with Crippen molar-refractivity contribution in [3.63, 3.8) is 0 Å². The van der Waals surface area contributed by atoms with Crippen LogP contribution in [-0.4, -0.2) is 0 Å². The Hall–Kier alpha value is -3.79. The first-order chi connectivity index (χ1) is 14.7. The van der Waals surface area contributed by atoms with Crippen molar-refractivity contribution in [1.29, 1.82) is 0 Å². The topological polar surface area (TPSA) is 27.7 Å². The molecule has 0 aromatic heterocycles. The van der Waals surface area contributed by atoms with E-state index in [0.717, 1.165) is 17.7 Å². The van der Waals surface area contributed by atoms with Crippen molar-refractivity contribution in [3.8, 4) is 34.5 Å². The van der Waals surface area contributed by atoms with Crippen LogP contribution in [0.2, 0.25) is 0 Å². The van der Waals surface area contributed by atoms with Gasteiger partial charge in [0, 0.05) is 18.2 Å². The summed E-state index contributed by atoms with van der Waals surface area (Å²) in [5.74, 6) is 3.42. The third-order valence-corrected chi connectivity index (χ3v) is 4.46. The van der Waals surface area contributed by atoms with E-state index in [9.17, 15) is 4.39 Å². The van der Waals surface area contributed by atoms with E-state index in [1.165, 1.54) is 12.1 Å². The number of aryl methyl sites for hydroxylation is 1. The van der Waals surface area contributed by atoms with Gasteiger partial charge in [-0.1, -0.05) is 43.3 Å². The second-order valence-corrected chi connectivity index (χ2v) is 6.67. The summed E-state index contributed by atoms with van der Waals surface area (Å²) in [6.07, 6.45) is 0.893. The zero-order valence-corrected chi connectivity index (χ0v) is 16.5. The van der Waals surface area contributed by atoms with Gasteiger partial charge in [0.15, 0.2) is 0 Å². The summed E-state index contributed by atoms with van der Waals surface area (Å²) in [6.45, 7) is 2.10. The largest absolute Gasteiger partial charge is 0.457 e. The fourth-order valence-corrected chi connectivity index (χ4v) is 3.03. The summed E-state index contributed by atoms with van der Waals surface area (Å²) in [5.41, 5.74) is 1.14. The highest BCUT2D eigenvalue weighted by Gasteiger charge is 2.06. The molecule has 0 bridgehead atoms. The number of ether oxygens (including phenoxy) is 3. The van der Waals surface area contributed by atoms with Gasteiger partial charge in [0.2, 0.25) is 0 Å². The molecule has 0 aliphatic heterocycles. The Labute approximate surface area is 175 Å². The van der Waals surface area contributed by atoms with Crippen LogP contribution >= 0.6 is 0 Å². The first-order valence-corrected chi connectivity index (χ1v) is 9.77. The molecule has 0 fully saturated rings. The van der Waals surface area contributed by atoms with E-state index in [-0.39, 0.29) is 5.82 Å². The Morgan fingerprint density at radius 2 is 1.07 bits per heavy atom. The molecule has 0 spiro atoms. The Morgan fingerprint density at radius 1 is 0.567 bits per heavy atom. The Balaban J connectivity index is 1.49. The molecule has 150 valence electrons. The average molecular weight is 400 g/mol. The fourth-order valence-electron chi connectivity index (χ4n) is 3.03. The maximum absolute atomic E-state index is 13.4. The van der Waals surface area contributed by atoms with Crippen LogP contribution in [0.3, 0.4) is 0 Å². The number of para-hydroxylation sites is 1. The van der Waals surface area contributed by atoms with Crippen LogP contribution in [0.5, 0.6) is 34.5 Å². The van der Waals surface area contributed by atoms with Gasteiger partial charge in [-0.2, -0.15) is 0 Å². The molecule has 0 heterocycles. The quantitative estimate of drug-likeness (QED) is 0.317. The van der Waals surface area contributed by atoms with Crippen LogP contribution in [0.25, 0.3) is 0 Å². The lowest BCUT2D eigenvalue weighted by Gasteiger charge is -2.12. The van der Waals surface area contributed by atoms with Crippen LogP contribution in [0.15, 0.2) is 97.1 Å². The summed E-state index contributed by atoms with van der Waals surface area (Å²) >= 11 is 0. The molecule has 0 unspecified atom stereocenters. The van der Waals surface area contributed by atoms with Crippen molar-refractivity contribution >= 4 is 0 Å². The van der Waals surface area contributed by atoms with Crippen LogP contribution in [-0.2, 0) is 6.42 Å². The third kappa shape index (κ3) is 4.97. The molecule has 0 atom stereocenters. The van der Waals surface area contributed by atoms with Crippen molar-refractivity contribution < 1.29 is 18.6 Å². The molecule has 0 aliphatic carbocycles. The minimum atomic E-state index is -0.346. The number of halogens is 1. The molecule has 4 heteroatoms. The first-order valence-electron chi connectivity index (χ1n) is 9.77. The summed E-state index contributed by atoms with van der Waals surface area (Å²) in [7, 11) is 0. The van der Waals surface area contributed by atoms with Gasteiger partial charge < -0.3 is 14.2 Å². The minimum Gasteiger partial charge on any atom is -0.457 e. The third-order valence-electron chi connectivity index (χ3n) is 4.46. The van der Waals surface area contributed by atoms with Gasteiger partial charge in [-0.25, -0.2) is 4.39 Å². The molecule has 0 amide bonds. The molecule has 4 aromatic rings. The molecule has 0 N–H and O–H groups in total. The highest BCUT2D eigenvalue weighted by atomic mass is 19.1. The minimum absolute atomic E-state index is 0.346. The summed E-state index contributed by atoms with van der Waals surface area (Å²) in [5, 5.41) is 0. The Kier molecular flexibility index (Phi) is 5.95. The van der Waals surface area contributed by atoms with Crippen LogP contribution < -0.4 is 14.2 Å². The predicted octanol–water partition coefficient (Wildman–Crippen LogP) is 7.77. The first kappa shape index (κ1) is 19.5. The maximum atomic E-state index is 13.4. The zero-order valence-electron chi connectivity index (χ0n) is 16.5. The maximum Gasteiger partial charge on any atom is 0.131 e. The van der Waals surface area contributed by atoms with Crippen LogP contribution in [0.1, 0.15) is 12.5 Å². The molecule has 4 rings (SSSR count). The predicted molar refractivity (Wildman–Crippen MR) is 115 cm³/mol. The van der Waals surface area contributed by atoms with Crippen LogP contribution in [0, 0.1) is 5.82 Å². The number of rotatable bonds is 7. The lowest BCUT2D eigenvalue weighted by atomic mass is 10.1. The smallest absolute Gasteiger partial charge is 0.131 e. The fraction of sp³-hybridized carbons (Fsp3) is 0.0769. The van der Waals surface area contributed by atoms with Gasteiger partial charge in [-0.3, -0.25) is 0 Å². The van der Waals surface area contributed by atoms with Gasteiger partial charge in [0.05, 0.1) is 0 Å². The van der Waals surface area contributed by atoms with Gasteiger partial charge >= 0.3 is 0 Å².